The lowest BCUT2D eigenvalue weighted by molar-refractivity contribution is 0.436. The van der Waals surface area contributed by atoms with E-state index in [1.807, 2.05) is 12.1 Å². The minimum absolute atomic E-state index is 0.598. The number of hydrogen-bond acceptors (Lipinski definition) is 3. The number of para-hydroxylation sites is 3. The van der Waals surface area contributed by atoms with E-state index in [1.54, 1.807) is 0 Å². The molecule has 2 aliphatic rings. The standard InChI is InChI=1S/C52H37N3O/c1-32-29-42(51-54-47-18-10-11-19-48(47)55(51)38-12-4-3-5-13-38)33(2)28-41(32)36-23-27-50-46(31-36)52(43-16-8-6-14-39(43)40-15-7-9-17-44(40)52)45-30-35(22-26-49(45)56-50)34-20-24-37(53)25-21-34/h3-31H,53H2,1-2H3. The predicted molar refractivity (Wildman–Crippen MR) is 229 cm³/mol. The number of aryl methyl sites for hydroxylation is 2. The van der Waals surface area contributed by atoms with Crippen LogP contribution < -0.4 is 10.5 Å². The zero-order valence-electron chi connectivity index (χ0n) is 31.1. The summed E-state index contributed by atoms with van der Waals surface area (Å²) in [6.45, 7) is 4.42. The Morgan fingerprint density at radius 3 is 1.75 bits per heavy atom. The average molecular weight is 720 g/mol. The zero-order chi connectivity index (χ0) is 37.5. The van der Waals surface area contributed by atoms with Crippen molar-refractivity contribution >= 4 is 16.7 Å². The number of nitrogens with zero attached hydrogens (tertiary/aromatic N) is 2. The van der Waals surface area contributed by atoms with Gasteiger partial charge in [-0.25, -0.2) is 4.98 Å². The van der Waals surface area contributed by atoms with Crippen molar-refractivity contribution in [3.05, 3.63) is 209 Å². The van der Waals surface area contributed by atoms with Gasteiger partial charge in [0.25, 0.3) is 0 Å². The summed E-state index contributed by atoms with van der Waals surface area (Å²) in [4.78, 5) is 5.21. The minimum atomic E-state index is -0.598. The van der Waals surface area contributed by atoms with Gasteiger partial charge in [-0.2, -0.15) is 0 Å². The first-order valence-electron chi connectivity index (χ1n) is 19.2. The van der Waals surface area contributed by atoms with Crippen LogP contribution in [0.4, 0.5) is 5.69 Å². The van der Waals surface area contributed by atoms with Crippen molar-refractivity contribution in [1.82, 2.24) is 9.55 Å². The summed E-state index contributed by atoms with van der Waals surface area (Å²) in [6, 6.07) is 62.8. The third-order valence-corrected chi connectivity index (χ3v) is 11.9. The molecule has 0 fully saturated rings. The van der Waals surface area contributed by atoms with Crippen LogP contribution in [0.25, 0.3) is 61.5 Å². The van der Waals surface area contributed by atoms with Gasteiger partial charge in [0.1, 0.15) is 17.3 Å². The summed E-state index contributed by atoms with van der Waals surface area (Å²) in [5.74, 6) is 2.68. The van der Waals surface area contributed by atoms with Crippen molar-refractivity contribution in [1.29, 1.82) is 0 Å². The van der Waals surface area contributed by atoms with Gasteiger partial charge >= 0.3 is 0 Å². The average Bonchev–Trinajstić information content (AvgIpc) is 3.77. The van der Waals surface area contributed by atoms with Crippen LogP contribution in [-0.4, -0.2) is 9.55 Å². The summed E-state index contributed by atoms with van der Waals surface area (Å²) in [5, 5.41) is 0. The van der Waals surface area contributed by atoms with Crippen LogP contribution in [0.5, 0.6) is 11.5 Å². The summed E-state index contributed by atoms with van der Waals surface area (Å²) >= 11 is 0. The molecule has 2 heterocycles. The molecule has 0 bridgehead atoms. The van der Waals surface area contributed by atoms with Crippen molar-refractivity contribution in [3.63, 3.8) is 0 Å². The second kappa shape index (κ2) is 12.2. The van der Waals surface area contributed by atoms with Crippen LogP contribution >= 0.6 is 0 Å². The van der Waals surface area contributed by atoms with Gasteiger partial charge < -0.3 is 10.5 Å². The Bertz CT molecular complexity index is 2980. The van der Waals surface area contributed by atoms with Crippen molar-refractivity contribution in [2.45, 2.75) is 19.3 Å². The number of ether oxygens (including phenoxy) is 1. The molecule has 0 amide bonds. The Balaban J connectivity index is 1.12. The molecule has 0 saturated heterocycles. The molecule has 1 aliphatic heterocycles. The number of benzene rings is 8. The molecule has 0 radical (unpaired) electrons. The number of fused-ring (bicyclic) bond motifs is 10. The highest BCUT2D eigenvalue weighted by molar-refractivity contribution is 5.91. The number of nitrogen functional groups attached to an aromatic ring is 1. The smallest absolute Gasteiger partial charge is 0.146 e. The van der Waals surface area contributed by atoms with E-state index in [2.05, 4.69) is 182 Å². The molecule has 11 rings (SSSR count). The normalized spacial score (nSPS) is 13.2. The highest BCUT2D eigenvalue weighted by Crippen LogP contribution is 2.62. The molecular formula is C52H37N3O. The van der Waals surface area contributed by atoms with Crippen molar-refractivity contribution < 1.29 is 4.74 Å². The van der Waals surface area contributed by atoms with E-state index in [9.17, 15) is 0 Å². The minimum Gasteiger partial charge on any atom is -0.457 e. The number of aromatic nitrogens is 2. The van der Waals surface area contributed by atoms with Crippen LogP contribution in [0.1, 0.15) is 33.4 Å². The van der Waals surface area contributed by atoms with Gasteiger partial charge in [0.05, 0.1) is 16.4 Å². The molecule has 1 spiro atoms. The van der Waals surface area contributed by atoms with E-state index in [0.29, 0.717) is 0 Å². The quantitative estimate of drug-likeness (QED) is 0.184. The van der Waals surface area contributed by atoms with E-state index in [0.717, 1.165) is 78.7 Å². The molecule has 1 aliphatic carbocycles. The van der Waals surface area contributed by atoms with Crippen LogP contribution in [0, 0.1) is 13.8 Å². The fourth-order valence-corrected chi connectivity index (χ4v) is 9.34. The van der Waals surface area contributed by atoms with Crippen molar-refractivity contribution in [2.75, 3.05) is 5.73 Å². The highest BCUT2D eigenvalue weighted by atomic mass is 16.5. The predicted octanol–water partition coefficient (Wildman–Crippen LogP) is 12.7. The van der Waals surface area contributed by atoms with Crippen LogP contribution in [0.2, 0.25) is 0 Å². The first-order valence-corrected chi connectivity index (χ1v) is 19.2. The topological polar surface area (TPSA) is 53.1 Å². The highest BCUT2D eigenvalue weighted by Gasteiger charge is 2.51. The molecule has 1 aromatic heterocycles. The van der Waals surface area contributed by atoms with E-state index >= 15 is 0 Å². The first kappa shape index (κ1) is 32.3. The van der Waals surface area contributed by atoms with Crippen LogP contribution in [0.3, 0.4) is 0 Å². The van der Waals surface area contributed by atoms with Gasteiger partial charge in [-0.1, -0.05) is 109 Å². The summed E-state index contributed by atoms with van der Waals surface area (Å²) in [5.41, 5.74) is 24.8. The summed E-state index contributed by atoms with van der Waals surface area (Å²) in [7, 11) is 0. The molecule has 9 aromatic rings. The maximum absolute atomic E-state index is 6.88. The number of hydrogen-bond donors (Lipinski definition) is 1. The SMILES string of the molecule is Cc1cc(-c2nc3ccccc3n2-c2ccccc2)c(C)cc1-c1ccc2c(c1)C1(c3cc(-c4ccc(N)cc4)ccc3O2)c2ccccc2-c2ccccc21. The second-order valence-electron chi connectivity index (χ2n) is 15.1. The van der Waals surface area contributed by atoms with Crippen LogP contribution in [-0.2, 0) is 5.41 Å². The lowest BCUT2D eigenvalue weighted by Crippen LogP contribution is -2.32. The number of imidazole rings is 1. The van der Waals surface area contributed by atoms with Crippen molar-refractivity contribution in [2.24, 2.45) is 0 Å². The largest absolute Gasteiger partial charge is 0.457 e. The van der Waals surface area contributed by atoms with Gasteiger partial charge in [-0.15, -0.1) is 0 Å². The maximum atomic E-state index is 6.88. The van der Waals surface area contributed by atoms with Crippen LogP contribution in [0.15, 0.2) is 176 Å². The second-order valence-corrected chi connectivity index (χ2v) is 15.1. The molecule has 4 nitrogen and oxygen atoms in total. The van der Waals surface area contributed by atoms with E-state index in [4.69, 9.17) is 15.5 Å². The maximum Gasteiger partial charge on any atom is 0.146 e. The lowest BCUT2D eigenvalue weighted by Gasteiger charge is -2.40. The fraction of sp³-hybridized carbons (Fsp3) is 0.0577. The van der Waals surface area contributed by atoms with Gasteiger partial charge in [0.15, 0.2) is 0 Å². The lowest BCUT2D eigenvalue weighted by atomic mass is 9.65. The fourth-order valence-electron chi connectivity index (χ4n) is 9.34. The monoisotopic (exact) mass is 719 g/mol. The third-order valence-electron chi connectivity index (χ3n) is 11.9. The summed E-state index contributed by atoms with van der Waals surface area (Å²) in [6.07, 6.45) is 0. The molecule has 2 N–H and O–H groups in total. The Kier molecular flexibility index (Phi) is 7.02. The number of rotatable bonds is 4. The van der Waals surface area contributed by atoms with E-state index in [1.165, 1.54) is 33.4 Å². The zero-order valence-corrected chi connectivity index (χ0v) is 31.1. The molecule has 266 valence electrons. The van der Waals surface area contributed by atoms with Crippen molar-refractivity contribution in [3.8, 4) is 62.0 Å². The molecule has 56 heavy (non-hydrogen) atoms. The molecule has 0 atom stereocenters. The number of nitrogens with two attached hydrogens (primary N) is 1. The summed E-state index contributed by atoms with van der Waals surface area (Å²) < 4.78 is 9.16. The molecule has 0 saturated carbocycles. The first-order chi connectivity index (χ1) is 27.5. The van der Waals surface area contributed by atoms with Gasteiger partial charge in [-0.05, 0) is 136 Å². The van der Waals surface area contributed by atoms with E-state index in [-0.39, 0.29) is 0 Å². The molecular weight excluding hydrogens is 683 g/mol. The third kappa shape index (κ3) is 4.63. The molecule has 4 heteroatoms. The van der Waals surface area contributed by atoms with E-state index < -0.39 is 5.41 Å². The Labute approximate surface area is 326 Å². The Morgan fingerprint density at radius 1 is 0.482 bits per heavy atom. The van der Waals surface area contributed by atoms with Gasteiger partial charge in [0, 0.05) is 28.1 Å². The molecule has 8 aromatic carbocycles. The van der Waals surface area contributed by atoms with Gasteiger partial charge in [-0.3, -0.25) is 4.57 Å². The Hall–Kier alpha value is -7.17. The number of anilines is 1. The molecule has 0 unspecified atom stereocenters. The Morgan fingerprint density at radius 2 is 1.04 bits per heavy atom. The van der Waals surface area contributed by atoms with Gasteiger partial charge in [0.2, 0.25) is 0 Å².